The van der Waals surface area contributed by atoms with Gasteiger partial charge in [0, 0.05) is 48.6 Å². The second-order valence-electron chi connectivity index (χ2n) is 7.54. The predicted molar refractivity (Wildman–Crippen MR) is 122 cm³/mol. The van der Waals surface area contributed by atoms with Gasteiger partial charge >= 0.3 is 0 Å². The maximum Gasteiger partial charge on any atom is 0.258 e. The van der Waals surface area contributed by atoms with Gasteiger partial charge in [-0.1, -0.05) is 12.1 Å². The number of hydrogen-bond acceptors (Lipinski definition) is 5. The van der Waals surface area contributed by atoms with Gasteiger partial charge in [-0.25, -0.2) is 8.42 Å². The van der Waals surface area contributed by atoms with Crippen LogP contribution in [0, 0.1) is 0 Å². The second-order valence-corrected chi connectivity index (χ2v) is 8.89. The molecule has 1 unspecified atom stereocenters. The van der Waals surface area contributed by atoms with E-state index in [1.807, 2.05) is 37.5 Å². The largest absolute Gasteiger partial charge is 0.496 e. The summed E-state index contributed by atoms with van der Waals surface area (Å²) in [5.74, 6) is 0.601. The van der Waals surface area contributed by atoms with Crippen LogP contribution in [0.3, 0.4) is 0 Å². The molecule has 0 aliphatic heterocycles. The Labute approximate surface area is 181 Å². The van der Waals surface area contributed by atoms with Crippen molar-refractivity contribution < 1.29 is 13.2 Å². The number of benzene rings is 2. The van der Waals surface area contributed by atoms with E-state index in [0.717, 1.165) is 27.6 Å². The summed E-state index contributed by atoms with van der Waals surface area (Å²) in [7, 11) is 2.51. The maximum absolute atomic E-state index is 12.8. The number of rotatable bonds is 5. The summed E-state index contributed by atoms with van der Waals surface area (Å²) < 4.78 is 32.0. The number of ether oxygens (including phenoxy) is 1. The van der Waals surface area contributed by atoms with Crippen LogP contribution < -0.4 is 10.3 Å². The monoisotopic (exact) mass is 437 g/mol. The van der Waals surface area contributed by atoms with Crippen LogP contribution in [0.25, 0.3) is 33.0 Å². The average Bonchev–Trinajstić information content (AvgIpc) is 3.21. The van der Waals surface area contributed by atoms with Gasteiger partial charge in [-0.2, -0.15) is 5.10 Å². The van der Waals surface area contributed by atoms with Crippen molar-refractivity contribution in [1.82, 2.24) is 14.3 Å². The molecule has 4 aromatic rings. The van der Waals surface area contributed by atoms with E-state index in [1.165, 1.54) is 4.57 Å². The Balaban J connectivity index is 2.04. The van der Waals surface area contributed by atoms with Crippen LogP contribution in [-0.2, 0) is 24.8 Å². The Kier molecular flexibility index (Phi) is 5.41. The van der Waals surface area contributed by atoms with Crippen molar-refractivity contribution in [3.8, 4) is 28.0 Å². The van der Waals surface area contributed by atoms with Gasteiger partial charge in [0.1, 0.15) is 16.5 Å². The Hall–Kier alpha value is -3.39. The topological polar surface area (TPSA) is 83.2 Å². The van der Waals surface area contributed by atoms with E-state index in [9.17, 15) is 13.2 Å². The maximum atomic E-state index is 12.8. The number of pyridine rings is 1. The SMILES string of the molecule is COc1ccc(C(C)[SH](=O)=O)cc1-c1cn(C)c(=O)c2ccc(-c3cnn(C)c3)cc12. The summed E-state index contributed by atoms with van der Waals surface area (Å²) in [6, 6.07) is 11.0. The van der Waals surface area contributed by atoms with Crippen molar-refractivity contribution in [3.63, 3.8) is 0 Å². The molecule has 160 valence electrons. The number of thiol groups is 1. The van der Waals surface area contributed by atoms with Gasteiger partial charge < -0.3 is 9.30 Å². The lowest BCUT2D eigenvalue weighted by atomic mass is 9.95. The van der Waals surface area contributed by atoms with Gasteiger partial charge in [-0.15, -0.1) is 0 Å². The number of fused-ring (bicyclic) bond motifs is 1. The molecule has 2 heterocycles. The van der Waals surface area contributed by atoms with Crippen molar-refractivity contribution in [1.29, 1.82) is 0 Å². The van der Waals surface area contributed by atoms with Crippen LogP contribution in [-0.4, -0.2) is 29.9 Å². The minimum atomic E-state index is -2.62. The Morgan fingerprint density at radius 2 is 1.74 bits per heavy atom. The molecule has 0 aliphatic rings. The van der Waals surface area contributed by atoms with Crippen LogP contribution in [0.4, 0.5) is 0 Å². The van der Waals surface area contributed by atoms with Crippen LogP contribution in [0.5, 0.6) is 5.75 Å². The first-order valence-corrected chi connectivity index (χ1v) is 11.0. The summed E-state index contributed by atoms with van der Waals surface area (Å²) in [4.78, 5) is 12.8. The first kappa shape index (κ1) is 20.9. The number of aromatic nitrogens is 3. The summed E-state index contributed by atoms with van der Waals surface area (Å²) in [5, 5.41) is 4.93. The highest BCUT2D eigenvalue weighted by Gasteiger charge is 2.17. The number of hydrogen-bond donors (Lipinski definition) is 1. The van der Waals surface area contributed by atoms with Crippen LogP contribution >= 0.6 is 0 Å². The quantitative estimate of drug-likeness (QED) is 0.485. The molecule has 7 nitrogen and oxygen atoms in total. The molecule has 0 bridgehead atoms. The first-order chi connectivity index (χ1) is 14.8. The highest BCUT2D eigenvalue weighted by molar-refractivity contribution is 7.72. The zero-order valence-corrected chi connectivity index (χ0v) is 18.6. The molecule has 2 aromatic carbocycles. The molecule has 1 atom stereocenters. The number of nitrogens with zero attached hydrogens (tertiary/aromatic N) is 3. The van der Waals surface area contributed by atoms with Gasteiger partial charge in [-0.3, -0.25) is 9.48 Å². The zero-order chi connectivity index (χ0) is 22.3. The smallest absolute Gasteiger partial charge is 0.258 e. The summed E-state index contributed by atoms with van der Waals surface area (Å²) in [6.07, 6.45) is 5.45. The minimum Gasteiger partial charge on any atom is -0.496 e. The number of aryl methyl sites for hydroxylation is 2. The average molecular weight is 438 g/mol. The van der Waals surface area contributed by atoms with Gasteiger partial charge in [-0.05, 0) is 47.7 Å². The molecule has 2 aromatic heterocycles. The lowest BCUT2D eigenvalue weighted by molar-refractivity contribution is 0.416. The third kappa shape index (κ3) is 3.74. The highest BCUT2D eigenvalue weighted by atomic mass is 32.2. The lowest BCUT2D eigenvalue weighted by Gasteiger charge is -2.16. The molecule has 31 heavy (non-hydrogen) atoms. The molecule has 0 radical (unpaired) electrons. The Morgan fingerprint density at radius 3 is 2.39 bits per heavy atom. The molecular weight excluding hydrogens is 414 g/mol. The normalized spacial score (nSPS) is 12.4. The molecule has 0 saturated heterocycles. The van der Waals surface area contributed by atoms with Gasteiger partial charge in [0.05, 0.1) is 18.6 Å². The molecule has 4 rings (SSSR count). The highest BCUT2D eigenvalue weighted by Crippen LogP contribution is 2.37. The standard InChI is InChI=1S/C23H23N3O4S/c1-14(31(28)29)15-6-8-22(30-4)20(9-15)21-13-25(2)23(27)18-7-5-16(10-19(18)21)17-11-24-26(3)12-17/h5-14,31H,1-4H3. The molecule has 8 heteroatoms. The van der Waals surface area contributed by atoms with Crippen LogP contribution in [0.2, 0.25) is 0 Å². The van der Waals surface area contributed by atoms with E-state index >= 15 is 0 Å². The fourth-order valence-electron chi connectivity index (χ4n) is 3.75. The molecule has 0 N–H and O–H groups in total. The predicted octanol–water partition coefficient (Wildman–Crippen LogP) is 3.29. The third-order valence-corrected chi connectivity index (χ3v) is 6.46. The molecule has 0 spiro atoms. The van der Waals surface area contributed by atoms with Crippen molar-refractivity contribution >= 4 is 21.5 Å². The molecular formula is C23H23N3O4S. The van der Waals surface area contributed by atoms with Crippen molar-refractivity contribution in [2.45, 2.75) is 12.2 Å². The lowest BCUT2D eigenvalue weighted by Crippen LogP contribution is -2.16. The fourth-order valence-corrected chi connectivity index (χ4v) is 4.15. The van der Waals surface area contributed by atoms with E-state index in [0.29, 0.717) is 16.7 Å². The second kappa shape index (κ2) is 8.03. The van der Waals surface area contributed by atoms with E-state index in [4.69, 9.17) is 4.74 Å². The van der Waals surface area contributed by atoms with Gasteiger partial charge in [0.25, 0.3) is 5.56 Å². The van der Waals surface area contributed by atoms with E-state index in [2.05, 4.69) is 5.10 Å². The molecule has 0 amide bonds. The number of methoxy groups -OCH3 is 1. The minimum absolute atomic E-state index is 0.109. The van der Waals surface area contributed by atoms with E-state index in [-0.39, 0.29) is 5.56 Å². The van der Waals surface area contributed by atoms with Gasteiger partial charge in [0.2, 0.25) is 0 Å². The van der Waals surface area contributed by atoms with Gasteiger partial charge in [0.15, 0.2) is 0 Å². The van der Waals surface area contributed by atoms with E-state index in [1.54, 1.807) is 50.3 Å². The van der Waals surface area contributed by atoms with Crippen molar-refractivity contribution in [2.24, 2.45) is 14.1 Å². The van der Waals surface area contributed by atoms with Crippen LogP contribution in [0.15, 0.2) is 59.8 Å². The zero-order valence-electron chi connectivity index (χ0n) is 17.7. The Morgan fingerprint density at radius 1 is 0.968 bits per heavy atom. The Bertz CT molecular complexity index is 1420. The summed E-state index contributed by atoms with van der Waals surface area (Å²) in [5.41, 5.74) is 3.94. The van der Waals surface area contributed by atoms with Crippen molar-refractivity contribution in [3.05, 3.63) is 70.9 Å². The summed E-state index contributed by atoms with van der Waals surface area (Å²) in [6.45, 7) is 1.65. The van der Waals surface area contributed by atoms with Crippen molar-refractivity contribution in [2.75, 3.05) is 7.11 Å². The first-order valence-electron chi connectivity index (χ1n) is 9.74. The fraction of sp³-hybridized carbons (Fsp3) is 0.217. The summed E-state index contributed by atoms with van der Waals surface area (Å²) >= 11 is 0. The van der Waals surface area contributed by atoms with E-state index < -0.39 is 16.0 Å². The van der Waals surface area contributed by atoms with Crippen LogP contribution in [0.1, 0.15) is 17.7 Å². The molecule has 0 fully saturated rings. The molecule has 0 aliphatic carbocycles. The molecule has 0 saturated carbocycles. The third-order valence-electron chi connectivity index (χ3n) is 5.53.